The third-order valence-corrected chi connectivity index (χ3v) is 13.1. The number of imidazole rings is 1. The second-order valence-corrected chi connectivity index (χ2v) is 17.6. The second-order valence-electron chi connectivity index (χ2n) is 14.5. The van der Waals surface area contributed by atoms with Crippen molar-refractivity contribution in [3.8, 4) is 0 Å². The first-order valence-corrected chi connectivity index (χ1v) is 21.3. The number of β-amino-alcohol motifs (C(OH)–C–C–N with tert-alkyl or cyclic N) is 1. The number of rotatable bonds is 15. The van der Waals surface area contributed by atoms with Gasteiger partial charge in [-0.15, -0.1) is 0 Å². The molecule has 0 spiro atoms. The molecule has 11 atom stereocenters. The van der Waals surface area contributed by atoms with Gasteiger partial charge in [-0.3, -0.25) is 38.5 Å². The van der Waals surface area contributed by atoms with Crippen LogP contribution in [0.3, 0.4) is 0 Å². The Morgan fingerprint density at radius 3 is 2.36 bits per heavy atom. The molecule has 2 unspecified atom stereocenters. The van der Waals surface area contributed by atoms with Crippen LogP contribution in [0.1, 0.15) is 30.2 Å². The number of phosphoric acid groups is 2. The molecule has 0 saturated carbocycles. The van der Waals surface area contributed by atoms with Gasteiger partial charge in [0.15, 0.2) is 23.4 Å². The predicted molar refractivity (Wildman–Crippen MR) is 207 cm³/mol. The molecule has 13 N–H and O–H groups in total. The lowest BCUT2D eigenvalue weighted by molar-refractivity contribution is -0.139. The van der Waals surface area contributed by atoms with Crippen LogP contribution in [-0.2, 0) is 32.0 Å². The van der Waals surface area contributed by atoms with Crippen LogP contribution < -0.4 is 32.1 Å². The van der Waals surface area contributed by atoms with Crippen LogP contribution in [0.15, 0.2) is 34.4 Å². The molecule has 61 heavy (non-hydrogen) atoms. The number of phosphoric ester groups is 2. The van der Waals surface area contributed by atoms with Gasteiger partial charge >= 0.3 is 27.3 Å². The van der Waals surface area contributed by atoms with Gasteiger partial charge in [0, 0.05) is 0 Å². The van der Waals surface area contributed by atoms with Crippen LogP contribution >= 0.6 is 15.6 Å². The number of aromatic amines is 2. The first-order chi connectivity index (χ1) is 28.7. The van der Waals surface area contributed by atoms with E-state index in [1.807, 2.05) is 0 Å². The zero-order valence-corrected chi connectivity index (χ0v) is 33.7. The van der Waals surface area contributed by atoms with Crippen LogP contribution in [0, 0.1) is 13.8 Å². The minimum Gasteiger partial charge on any atom is -0.480 e. The van der Waals surface area contributed by atoms with Crippen molar-refractivity contribution < 1.29 is 72.4 Å². The van der Waals surface area contributed by atoms with Gasteiger partial charge < -0.3 is 60.7 Å². The first-order valence-electron chi connectivity index (χ1n) is 18.3. The highest BCUT2D eigenvalue weighted by molar-refractivity contribution is 7.61. The van der Waals surface area contributed by atoms with Gasteiger partial charge in [-0.2, -0.15) is 4.31 Å². The van der Waals surface area contributed by atoms with Gasteiger partial charge in [-0.25, -0.2) is 28.9 Å². The number of H-pyrrole nitrogens is 2. The van der Waals surface area contributed by atoms with Crippen molar-refractivity contribution in [2.45, 2.75) is 81.7 Å². The molecule has 0 aliphatic carbocycles. The molecule has 27 nitrogen and oxygen atoms in total. The number of aryl methyl sites for hydroxylation is 2. The fraction of sp³-hybridized carbons (Fsp3) is 0.500. The van der Waals surface area contributed by atoms with Crippen molar-refractivity contribution in [2.24, 2.45) is 0 Å². The summed E-state index contributed by atoms with van der Waals surface area (Å²) >= 11 is 0. The molecular weight excluding hydrogens is 858 g/mol. The van der Waals surface area contributed by atoms with E-state index in [2.05, 4.69) is 39.1 Å². The molecule has 2 saturated heterocycles. The molecule has 3 aliphatic heterocycles. The van der Waals surface area contributed by atoms with Crippen molar-refractivity contribution in [2.75, 3.05) is 35.3 Å². The lowest BCUT2D eigenvalue weighted by atomic mass is 10.0. The normalized spacial score (nSPS) is 26.0. The average Bonchev–Trinajstić information content (AvgIpc) is 3.92. The van der Waals surface area contributed by atoms with Crippen LogP contribution in [-0.4, -0.2) is 144 Å². The molecule has 0 radical (unpaired) electrons. The van der Waals surface area contributed by atoms with Crippen molar-refractivity contribution in [3.05, 3.63) is 56.8 Å². The molecule has 1 aromatic carbocycles. The molecule has 0 amide bonds. The standard InChI is InChI=1S/C32H42N10O17P2/c1-12-5-15-16(6-13(12)2)42(20-4-3-14(37-20)31(49)50)22-28(38-32(51)39-29(22)48)40(15)7-17(43)23(45)18(44)8-56-60(52,53)59-61(54,55)57-9-19-24(46)25(47)30(58-19)41-11-36-21-26(33)34-10-35-27(21)41/h5-6,10-11,14,17-20,23-25,30,37,43-47H,3-4,7-9H2,1-2H3,(H,49,50)(H,52,53)(H,54,55)(H2,33,34,35)(H2,38,39,48,51)/t14-,17-,18+,19+,20+,23-,24+,25+,30+/m0/s1. The summed E-state index contributed by atoms with van der Waals surface area (Å²) in [6, 6.07) is 2.45. The maximum atomic E-state index is 13.4. The number of hydrogen-bond donors (Lipinski definition) is 12. The van der Waals surface area contributed by atoms with Crippen LogP contribution in [0.25, 0.3) is 11.2 Å². The van der Waals surface area contributed by atoms with Crippen molar-refractivity contribution in [1.82, 2.24) is 34.8 Å². The van der Waals surface area contributed by atoms with Gasteiger partial charge in [-0.1, -0.05) is 0 Å². The quantitative estimate of drug-likeness (QED) is 0.0564. The number of aliphatic carboxylic acids is 1. The summed E-state index contributed by atoms with van der Waals surface area (Å²) in [6.45, 7) is 0.687. The summed E-state index contributed by atoms with van der Waals surface area (Å²) in [5.41, 5.74) is 6.31. The molecule has 4 aromatic rings. The molecule has 0 bridgehead atoms. The van der Waals surface area contributed by atoms with Crippen molar-refractivity contribution >= 4 is 61.5 Å². The third kappa shape index (κ3) is 8.84. The van der Waals surface area contributed by atoms with E-state index in [0.29, 0.717) is 11.4 Å². The van der Waals surface area contributed by atoms with Gasteiger partial charge in [-0.05, 0) is 49.9 Å². The van der Waals surface area contributed by atoms with Gasteiger partial charge in [0.25, 0.3) is 5.56 Å². The van der Waals surface area contributed by atoms with Gasteiger partial charge in [0.05, 0.1) is 43.6 Å². The van der Waals surface area contributed by atoms with Gasteiger partial charge in [0.1, 0.15) is 60.3 Å². The summed E-state index contributed by atoms with van der Waals surface area (Å²) in [6.07, 6.45) is -10.4. The topological polar surface area (TPSA) is 404 Å². The lowest BCUT2D eigenvalue weighted by Crippen LogP contribution is -2.51. The van der Waals surface area contributed by atoms with E-state index in [-0.39, 0.29) is 41.3 Å². The maximum absolute atomic E-state index is 13.4. The highest BCUT2D eigenvalue weighted by Gasteiger charge is 2.47. The van der Waals surface area contributed by atoms with E-state index in [9.17, 15) is 63.9 Å². The molecule has 6 heterocycles. The number of benzene rings is 1. The Morgan fingerprint density at radius 1 is 0.984 bits per heavy atom. The number of fused-ring (bicyclic) bond motifs is 3. The third-order valence-electron chi connectivity index (χ3n) is 10.5. The number of nitrogens with one attached hydrogen (secondary N) is 3. The Labute approximate surface area is 342 Å². The minimum atomic E-state index is -5.60. The number of carboxylic acids is 1. The maximum Gasteiger partial charge on any atom is 0.481 e. The van der Waals surface area contributed by atoms with Gasteiger partial charge in [0.2, 0.25) is 0 Å². The number of anilines is 5. The Bertz CT molecular complexity index is 2540. The summed E-state index contributed by atoms with van der Waals surface area (Å²) in [5, 5.41) is 66.6. The van der Waals surface area contributed by atoms with Crippen LogP contribution in [0.5, 0.6) is 0 Å². The average molecular weight is 901 g/mol. The molecule has 3 aliphatic rings. The number of carbonyl (C=O) groups is 1. The van der Waals surface area contributed by atoms with Crippen molar-refractivity contribution in [3.63, 3.8) is 0 Å². The van der Waals surface area contributed by atoms with Crippen LogP contribution in [0.4, 0.5) is 28.7 Å². The molecule has 3 aromatic heterocycles. The Hall–Kier alpha value is -4.70. The number of aliphatic hydroxyl groups excluding tert-OH is 5. The fourth-order valence-electron chi connectivity index (χ4n) is 7.28. The zero-order valence-electron chi connectivity index (χ0n) is 31.9. The predicted octanol–water partition coefficient (Wildman–Crippen LogP) is -2.19. The van der Waals surface area contributed by atoms with Crippen LogP contribution in [0.2, 0.25) is 0 Å². The first kappa shape index (κ1) is 44.4. The summed E-state index contributed by atoms with van der Waals surface area (Å²) in [7, 11) is -11.1. The number of aliphatic hydroxyl groups is 5. The van der Waals surface area contributed by atoms with E-state index in [1.165, 1.54) is 20.7 Å². The number of hydrogen-bond acceptors (Lipinski definition) is 21. The zero-order chi connectivity index (χ0) is 44.3. The lowest BCUT2D eigenvalue weighted by Gasteiger charge is -2.43. The monoisotopic (exact) mass is 900 g/mol. The molecule has 29 heteroatoms. The smallest absolute Gasteiger partial charge is 0.480 e. The summed E-state index contributed by atoms with van der Waals surface area (Å²) in [4.78, 5) is 77.6. The molecule has 7 rings (SSSR count). The number of carboxylic acid groups (broad SMARTS) is 1. The Morgan fingerprint density at radius 2 is 1.67 bits per heavy atom. The highest BCUT2D eigenvalue weighted by atomic mass is 31.3. The van der Waals surface area contributed by atoms with E-state index in [0.717, 1.165) is 17.5 Å². The van der Waals surface area contributed by atoms with Crippen molar-refractivity contribution in [1.29, 1.82) is 0 Å². The minimum absolute atomic E-state index is 0.0195. The van der Waals surface area contributed by atoms with E-state index in [1.54, 1.807) is 26.0 Å². The fourth-order valence-corrected chi connectivity index (χ4v) is 9.37. The van der Waals surface area contributed by atoms with E-state index >= 15 is 0 Å². The number of nitrogens with zero attached hydrogens (tertiary/aromatic N) is 6. The molecule has 332 valence electrons. The second kappa shape index (κ2) is 16.9. The number of aromatic nitrogens is 6. The highest BCUT2D eigenvalue weighted by Crippen LogP contribution is 2.60. The van der Waals surface area contributed by atoms with E-state index in [4.69, 9.17) is 15.0 Å². The molecular formula is C32H42N10O17P2. The summed E-state index contributed by atoms with van der Waals surface area (Å²) in [5.74, 6) is -1.23. The molecule has 2 fully saturated rings. The SMILES string of the molecule is Cc1cc2c(cc1C)N([C@@H]1CC[C@@H](C(=O)O)N1)c1c([nH]c(=O)[nH]c1=O)N2C[C@H](O)[C@H](O)[C@H](O)COP(=O)(O)OP(=O)(O)OC[C@H]1O[C@@H](n2cnc3c(N)ncnc32)[C@H](O)[C@@H]1O. The number of nitrogens with two attached hydrogens (primary N) is 1. The number of nitrogen functional groups attached to an aromatic ring is 1. The Kier molecular flexibility index (Phi) is 12.3. The van der Waals surface area contributed by atoms with E-state index < -0.39 is 108 Å². The number of ether oxygens (including phenoxy) is 1. The Balaban J connectivity index is 0.997. The summed E-state index contributed by atoms with van der Waals surface area (Å²) < 4.78 is 45.8. The largest absolute Gasteiger partial charge is 0.481 e.